The molecule has 1 unspecified atom stereocenters. The third kappa shape index (κ3) is 3.12. The van der Waals surface area contributed by atoms with Crippen molar-refractivity contribution < 1.29 is 18.0 Å². The number of anilines is 1. The van der Waals surface area contributed by atoms with Crippen LogP contribution in [0.1, 0.15) is 25.1 Å². The van der Waals surface area contributed by atoms with Crippen LogP contribution in [0.25, 0.3) is 0 Å². The number of carbonyl (C=O) groups excluding carboxylic acids is 1. The van der Waals surface area contributed by atoms with Gasteiger partial charge in [-0.15, -0.1) is 0 Å². The van der Waals surface area contributed by atoms with Crippen LogP contribution in [0.5, 0.6) is 0 Å². The maximum Gasteiger partial charge on any atom is 0.451 e. The highest BCUT2D eigenvalue weighted by atomic mass is 35.5. The van der Waals surface area contributed by atoms with Crippen molar-refractivity contribution in [2.45, 2.75) is 31.5 Å². The first-order valence-corrected chi connectivity index (χ1v) is 6.34. The van der Waals surface area contributed by atoms with Gasteiger partial charge in [0.25, 0.3) is 0 Å². The van der Waals surface area contributed by atoms with Crippen molar-refractivity contribution in [1.82, 2.24) is 9.97 Å². The van der Waals surface area contributed by atoms with E-state index >= 15 is 0 Å². The molecule has 1 saturated heterocycles. The zero-order valence-electron chi connectivity index (χ0n) is 10.3. The fraction of sp³-hybridized carbons (Fsp3) is 0.545. The van der Waals surface area contributed by atoms with Gasteiger partial charge in [0.1, 0.15) is 17.0 Å². The van der Waals surface area contributed by atoms with Gasteiger partial charge in [-0.2, -0.15) is 13.2 Å². The first-order chi connectivity index (χ1) is 9.29. The van der Waals surface area contributed by atoms with Crippen LogP contribution in [0.15, 0.2) is 6.07 Å². The molecule has 20 heavy (non-hydrogen) atoms. The van der Waals surface area contributed by atoms with Crippen LogP contribution in [0.3, 0.4) is 0 Å². The summed E-state index contributed by atoms with van der Waals surface area (Å²) in [5.74, 6) is -1.94. The SMILES string of the molecule is NC(=O)C1CCCCN1c1cc(Cl)nc(C(F)(F)F)n1. The van der Waals surface area contributed by atoms with Gasteiger partial charge in [0, 0.05) is 12.6 Å². The molecule has 0 aromatic carbocycles. The number of alkyl halides is 3. The largest absolute Gasteiger partial charge is 0.451 e. The van der Waals surface area contributed by atoms with Crippen molar-refractivity contribution in [2.75, 3.05) is 11.4 Å². The first-order valence-electron chi connectivity index (χ1n) is 5.97. The molecule has 1 amide bonds. The van der Waals surface area contributed by atoms with Crippen LogP contribution in [0.2, 0.25) is 5.15 Å². The predicted molar refractivity (Wildman–Crippen MR) is 66.2 cm³/mol. The lowest BCUT2D eigenvalue weighted by Crippen LogP contribution is -2.48. The van der Waals surface area contributed by atoms with Crippen molar-refractivity contribution in [3.8, 4) is 0 Å². The second-order valence-corrected chi connectivity index (χ2v) is 4.86. The fourth-order valence-corrected chi connectivity index (χ4v) is 2.36. The number of carbonyl (C=O) groups is 1. The highest BCUT2D eigenvalue weighted by molar-refractivity contribution is 6.29. The number of halogens is 4. The standard InChI is InChI=1S/C11H12ClF3N4O/c12-7-5-8(18-10(17-7)11(13,14)15)19-4-2-1-3-6(19)9(16)20/h5-6H,1-4H2,(H2,16,20). The second kappa shape index (κ2) is 5.43. The third-order valence-corrected chi connectivity index (χ3v) is 3.25. The number of primary amides is 1. The predicted octanol–water partition coefficient (Wildman–Crippen LogP) is 1.99. The van der Waals surface area contributed by atoms with Gasteiger partial charge < -0.3 is 10.6 Å². The van der Waals surface area contributed by atoms with Crippen LogP contribution < -0.4 is 10.6 Å². The Morgan fingerprint density at radius 3 is 2.70 bits per heavy atom. The van der Waals surface area contributed by atoms with Gasteiger partial charge in [0.05, 0.1) is 0 Å². The third-order valence-electron chi connectivity index (χ3n) is 3.06. The molecule has 9 heteroatoms. The number of hydrogen-bond acceptors (Lipinski definition) is 4. The molecule has 0 saturated carbocycles. The highest BCUT2D eigenvalue weighted by Crippen LogP contribution is 2.31. The van der Waals surface area contributed by atoms with E-state index in [4.69, 9.17) is 17.3 Å². The monoisotopic (exact) mass is 308 g/mol. The van der Waals surface area contributed by atoms with E-state index in [1.54, 1.807) is 0 Å². The zero-order chi connectivity index (χ0) is 14.9. The minimum absolute atomic E-state index is 0.0270. The molecule has 1 aliphatic heterocycles. The topological polar surface area (TPSA) is 72.1 Å². The average Bonchev–Trinajstić information content (AvgIpc) is 2.37. The molecule has 110 valence electrons. The van der Waals surface area contributed by atoms with E-state index in [1.807, 2.05) is 0 Å². The Labute approximate surface area is 117 Å². The Morgan fingerprint density at radius 2 is 2.10 bits per heavy atom. The van der Waals surface area contributed by atoms with Crippen molar-refractivity contribution in [2.24, 2.45) is 5.73 Å². The van der Waals surface area contributed by atoms with E-state index in [1.165, 1.54) is 11.0 Å². The summed E-state index contributed by atoms with van der Waals surface area (Å²) in [6, 6.07) is 0.536. The van der Waals surface area contributed by atoms with Crippen LogP contribution in [0, 0.1) is 0 Å². The van der Waals surface area contributed by atoms with Crippen LogP contribution >= 0.6 is 11.6 Å². The van der Waals surface area contributed by atoms with Crippen LogP contribution in [-0.2, 0) is 11.0 Å². The number of nitrogens with two attached hydrogens (primary N) is 1. The molecule has 1 aliphatic rings. The van der Waals surface area contributed by atoms with E-state index in [9.17, 15) is 18.0 Å². The first kappa shape index (κ1) is 14.8. The summed E-state index contributed by atoms with van der Waals surface area (Å²) in [5, 5.41) is -0.323. The van der Waals surface area contributed by atoms with Gasteiger partial charge in [0.15, 0.2) is 0 Å². The lowest BCUT2D eigenvalue weighted by molar-refractivity contribution is -0.144. The Morgan fingerprint density at radius 1 is 1.40 bits per heavy atom. The highest BCUT2D eigenvalue weighted by Gasteiger charge is 2.37. The van der Waals surface area contributed by atoms with Gasteiger partial charge in [-0.3, -0.25) is 4.79 Å². The molecule has 2 heterocycles. The Bertz CT molecular complexity index is 523. The molecule has 5 nitrogen and oxygen atoms in total. The molecule has 1 aromatic rings. The Kier molecular flexibility index (Phi) is 4.03. The normalized spacial score (nSPS) is 20.0. The zero-order valence-corrected chi connectivity index (χ0v) is 11.1. The number of nitrogens with zero attached hydrogens (tertiary/aromatic N) is 3. The van der Waals surface area contributed by atoms with E-state index in [0.29, 0.717) is 13.0 Å². The van der Waals surface area contributed by atoms with Crippen molar-refractivity contribution in [3.05, 3.63) is 17.0 Å². The van der Waals surface area contributed by atoms with Gasteiger partial charge in [-0.05, 0) is 19.3 Å². The number of amides is 1. The Hall–Kier alpha value is -1.57. The summed E-state index contributed by atoms with van der Waals surface area (Å²) in [7, 11) is 0. The lowest BCUT2D eigenvalue weighted by Gasteiger charge is -2.34. The molecule has 1 fully saturated rings. The summed E-state index contributed by atoms with van der Waals surface area (Å²) < 4.78 is 38.0. The van der Waals surface area contributed by atoms with Crippen LogP contribution in [-0.4, -0.2) is 28.5 Å². The molecular weight excluding hydrogens is 297 g/mol. The number of hydrogen-bond donors (Lipinski definition) is 1. The molecule has 1 atom stereocenters. The second-order valence-electron chi connectivity index (χ2n) is 4.48. The quantitative estimate of drug-likeness (QED) is 0.848. The van der Waals surface area contributed by atoms with Gasteiger partial charge >= 0.3 is 6.18 Å². The minimum atomic E-state index is -4.70. The number of piperidine rings is 1. The summed E-state index contributed by atoms with van der Waals surface area (Å²) in [6.45, 7) is 0.401. The molecular formula is C11H12ClF3N4O. The summed E-state index contributed by atoms with van der Waals surface area (Å²) in [4.78, 5) is 19.5. The molecule has 0 bridgehead atoms. The van der Waals surface area contributed by atoms with E-state index in [2.05, 4.69) is 9.97 Å². The number of aromatic nitrogens is 2. The van der Waals surface area contributed by atoms with E-state index < -0.39 is 23.9 Å². The van der Waals surface area contributed by atoms with Crippen molar-refractivity contribution in [1.29, 1.82) is 0 Å². The summed E-state index contributed by atoms with van der Waals surface area (Å²) in [6.07, 6.45) is -2.68. The smallest absolute Gasteiger partial charge is 0.368 e. The average molecular weight is 309 g/mol. The minimum Gasteiger partial charge on any atom is -0.368 e. The maximum absolute atomic E-state index is 12.7. The van der Waals surface area contributed by atoms with Gasteiger partial charge in [0.2, 0.25) is 11.7 Å². The van der Waals surface area contributed by atoms with Crippen LogP contribution in [0.4, 0.5) is 19.0 Å². The van der Waals surface area contributed by atoms with Gasteiger partial charge in [-0.1, -0.05) is 11.6 Å². The molecule has 2 rings (SSSR count). The maximum atomic E-state index is 12.7. The van der Waals surface area contributed by atoms with Crippen molar-refractivity contribution in [3.63, 3.8) is 0 Å². The number of rotatable bonds is 2. The van der Waals surface area contributed by atoms with E-state index in [0.717, 1.165) is 12.8 Å². The Balaban J connectivity index is 2.40. The summed E-state index contributed by atoms with van der Waals surface area (Å²) in [5.41, 5.74) is 5.28. The van der Waals surface area contributed by atoms with E-state index in [-0.39, 0.29) is 11.0 Å². The fourth-order valence-electron chi connectivity index (χ4n) is 2.18. The summed E-state index contributed by atoms with van der Waals surface area (Å²) >= 11 is 5.61. The van der Waals surface area contributed by atoms with Gasteiger partial charge in [-0.25, -0.2) is 9.97 Å². The lowest BCUT2D eigenvalue weighted by atomic mass is 10.0. The molecule has 0 spiro atoms. The molecule has 2 N–H and O–H groups in total. The van der Waals surface area contributed by atoms with Crippen molar-refractivity contribution >= 4 is 23.3 Å². The molecule has 1 aromatic heterocycles. The molecule has 0 radical (unpaired) electrons. The molecule has 0 aliphatic carbocycles.